The fourth-order valence-electron chi connectivity index (χ4n) is 2.17. The van der Waals surface area contributed by atoms with Gasteiger partial charge in [-0.2, -0.15) is 8.78 Å². The van der Waals surface area contributed by atoms with Gasteiger partial charge in [-0.25, -0.2) is 14.2 Å². The Labute approximate surface area is 137 Å². The third-order valence-electron chi connectivity index (χ3n) is 3.53. The minimum Gasteiger partial charge on any atom is -0.616 e. The second-order valence-corrected chi connectivity index (χ2v) is 6.78. The van der Waals surface area contributed by atoms with Gasteiger partial charge in [0.25, 0.3) is 5.56 Å². The third kappa shape index (κ3) is 3.56. The molecule has 1 unspecified atom stereocenters. The van der Waals surface area contributed by atoms with Crippen molar-refractivity contribution in [2.45, 2.75) is 13.0 Å². The molecule has 24 heavy (non-hydrogen) atoms. The standard InChI is InChI=1S/C13H15F3N4O3S/c1-18-11-9(12(21)19(2)13(18)22)20(7-17-11)4-6-24(23)5-3-8(14)10(15)16/h7H,3-6H2,1-2H3. The Morgan fingerprint density at radius 1 is 1.21 bits per heavy atom. The van der Waals surface area contributed by atoms with Crippen molar-refractivity contribution in [3.8, 4) is 0 Å². The zero-order chi connectivity index (χ0) is 18.0. The summed E-state index contributed by atoms with van der Waals surface area (Å²) >= 11 is -1.54. The highest BCUT2D eigenvalue weighted by atomic mass is 32.2. The zero-order valence-corrected chi connectivity index (χ0v) is 13.8. The van der Waals surface area contributed by atoms with Crippen molar-refractivity contribution in [2.75, 3.05) is 11.5 Å². The number of nitrogens with zero attached hydrogens (tertiary/aromatic N) is 4. The minimum absolute atomic E-state index is 0.0403. The molecule has 2 aromatic heterocycles. The van der Waals surface area contributed by atoms with Crippen LogP contribution in [0.15, 0.2) is 27.8 Å². The molecule has 132 valence electrons. The van der Waals surface area contributed by atoms with E-state index in [-0.39, 0.29) is 29.2 Å². The topological polar surface area (TPSA) is 84.9 Å². The Morgan fingerprint density at radius 2 is 1.88 bits per heavy atom. The highest BCUT2D eigenvalue weighted by Gasteiger charge is 2.16. The van der Waals surface area contributed by atoms with Gasteiger partial charge in [0.05, 0.1) is 12.9 Å². The van der Waals surface area contributed by atoms with Crippen molar-refractivity contribution in [1.82, 2.24) is 18.7 Å². The van der Waals surface area contributed by atoms with Crippen molar-refractivity contribution in [1.29, 1.82) is 0 Å². The first-order valence-corrected chi connectivity index (χ1v) is 8.38. The molecule has 0 radical (unpaired) electrons. The molecule has 0 spiro atoms. The Hall–Kier alpha value is -2.01. The molecule has 2 aromatic rings. The fraction of sp³-hybridized carbons (Fsp3) is 0.462. The van der Waals surface area contributed by atoms with Crippen LogP contribution >= 0.6 is 0 Å². The molecule has 0 amide bonds. The maximum absolute atomic E-state index is 12.7. The second kappa shape index (κ2) is 7.26. The van der Waals surface area contributed by atoms with Crippen LogP contribution in [-0.4, -0.2) is 34.7 Å². The predicted molar refractivity (Wildman–Crippen MR) is 83.1 cm³/mol. The number of fused-ring (bicyclic) bond motifs is 1. The van der Waals surface area contributed by atoms with Gasteiger partial charge in [0.1, 0.15) is 11.5 Å². The maximum atomic E-state index is 12.7. The van der Waals surface area contributed by atoms with E-state index in [1.165, 1.54) is 29.6 Å². The molecule has 7 nitrogen and oxygen atoms in total. The van der Waals surface area contributed by atoms with E-state index in [0.717, 1.165) is 4.57 Å². The molecule has 1 atom stereocenters. The van der Waals surface area contributed by atoms with E-state index in [0.29, 0.717) is 0 Å². The van der Waals surface area contributed by atoms with Crippen LogP contribution in [0.4, 0.5) is 13.2 Å². The van der Waals surface area contributed by atoms with E-state index < -0.39 is 40.8 Å². The van der Waals surface area contributed by atoms with Crippen molar-refractivity contribution in [3.05, 3.63) is 39.1 Å². The maximum Gasteiger partial charge on any atom is 0.332 e. The molecule has 0 saturated heterocycles. The van der Waals surface area contributed by atoms with Crippen LogP contribution in [-0.2, 0) is 31.8 Å². The summed E-state index contributed by atoms with van der Waals surface area (Å²) in [5.41, 5.74) is -0.679. The minimum atomic E-state index is -2.41. The number of aromatic nitrogens is 4. The molecule has 2 heterocycles. The molecule has 0 aliphatic carbocycles. The van der Waals surface area contributed by atoms with Crippen LogP contribution < -0.4 is 11.2 Å². The lowest BCUT2D eigenvalue weighted by molar-refractivity contribution is 0.373. The summed E-state index contributed by atoms with van der Waals surface area (Å²) in [4.78, 5) is 28.0. The van der Waals surface area contributed by atoms with E-state index >= 15 is 0 Å². The summed E-state index contributed by atoms with van der Waals surface area (Å²) in [6.45, 7) is 0.125. The van der Waals surface area contributed by atoms with E-state index in [4.69, 9.17) is 0 Å². The lowest BCUT2D eigenvalue weighted by Gasteiger charge is -2.11. The van der Waals surface area contributed by atoms with Crippen molar-refractivity contribution >= 4 is 22.3 Å². The summed E-state index contributed by atoms with van der Waals surface area (Å²) in [6, 6.07) is 0. The van der Waals surface area contributed by atoms with Gasteiger partial charge in [-0.05, 0) is 0 Å². The molecule has 0 saturated carbocycles. The number of halogens is 3. The summed E-state index contributed by atoms with van der Waals surface area (Å²) in [5.74, 6) is -1.77. The summed E-state index contributed by atoms with van der Waals surface area (Å²) < 4.78 is 51.9. The van der Waals surface area contributed by atoms with Crippen LogP contribution in [0.5, 0.6) is 0 Å². The van der Waals surface area contributed by atoms with Crippen LogP contribution in [0.2, 0.25) is 0 Å². The van der Waals surface area contributed by atoms with Gasteiger partial charge in [0.2, 0.25) is 0 Å². The van der Waals surface area contributed by atoms with E-state index in [9.17, 15) is 27.3 Å². The number of hydrogen-bond acceptors (Lipinski definition) is 4. The van der Waals surface area contributed by atoms with Gasteiger partial charge < -0.3 is 9.12 Å². The molecular formula is C13H15F3N4O3S. The number of imidazole rings is 1. The smallest absolute Gasteiger partial charge is 0.332 e. The average molecular weight is 364 g/mol. The molecule has 2 rings (SSSR count). The Kier molecular flexibility index (Phi) is 5.54. The molecular weight excluding hydrogens is 349 g/mol. The second-order valence-electron chi connectivity index (χ2n) is 5.08. The van der Waals surface area contributed by atoms with Crippen molar-refractivity contribution in [3.63, 3.8) is 0 Å². The van der Waals surface area contributed by atoms with Crippen LogP contribution in [0.25, 0.3) is 11.2 Å². The summed E-state index contributed by atoms with van der Waals surface area (Å²) in [6.07, 6.45) is -1.67. The fourth-order valence-corrected chi connectivity index (χ4v) is 3.18. The SMILES string of the molecule is Cn1c(=O)c2c(ncn2CC[S+]([O-])CCC(F)=C(F)F)n(C)c1=O. The van der Waals surface area contributed by atoms with Crippen molar-refractivity contribution < 1.29 is 17.7 Å². The van der Waals surface area contributed by atoms with Gasteiger partial charge in [0.15, 0.2) is 17.0 Å². The highest BCUT2D eigenvalue weighted by Crippen LogP contribution is 2.14. The van der Waals surface area contributed by atoms with Crippen LogP contribution in [0, 0.1) is 0 Å². The lowest BCUT2D eigenvalue weighted by Crippen LogP contribution is -2.37. The number of aryl methyl sites for hydroxylation is 2. The lowest BCUT2D eigenvalue weighted by atomic mass is 10.4. The van der Waals surface area contributed by atoms with E-state index in [2.05, 4.69) is 4.98 Å². The molecule has 0 aromatic carbocycles. The van der Waals surface area contributed by atoms with Gasteiger partial charge in [-0.15, -0.1) is 0 Å². The quantitative estimate of drug-likeness (QED) is 0.705. The Morgan fingerprint density at radius 3 is 2.50 bits per heavy atom. The molecule has 0 bridgehead atoms. The predicted octanol–water partition coefficient (Wildman–Crippen LogP) is 0.650. The first kappa shape index (κ1) is 18.3. The molecule has 0 fully saturated rings. The van der Waals surface area contributed by atoms with Crippen LogP contribution in [0.1, 0.15) is 6.42 Å². The number of rotatable bonds is 6. The number of hydrogen-bond donors (Lipinski definition) is 0. The van der Waals surface area contributed by atoms with E-state index in [1.54, 1.807) is 0 Å². The van der Waals surface area contributed by atoms with E-state index in [1.807, 2.05) is 0 Å². The molecule has 0 aliphatic rings. The summed E-state index contributed by atoms with van der Waals surface area (Å²) in [5, 5.41) is 0. The van der Waals surface area contributed by atoms with Gasteiger partial charge in [-0.3, -0.25) is 13.9 Å². The van der Waals surface area contributed by atoms with Gasteiger partial charge >= 0.3 is 11.8 Å². The average Bonchev–Trinajstić information content (AvgIpc) is 2.97. The first-order chi connectivity index (χ1) is 11.2. The first-order valence-electron chi connectivity index (χ1n) is 6.89. The Bertz CT molecular complexity index is 898. The van der Waals surface area contributed by atoms with Crippen molar-refractivity contribution in [2.24, 2.45) is 14.1 Å². The Balaban J connectivity index is 2.16. The highest BCUT2D eigenvalue weighted by molar-refractivity contribution is 7.91. The molecule has 11 heteroatoms. The normalized spacial score (nSPS) is 12.6. The monoisotopic (exact) mass is 364 g/mol. The van der Waals surface area contributed by atoms with Gasteiger partial charge in [0, 0.05) is 20.5 Å². The van der Waals surface area contributed by atoms with Crippen LogP contribution in [0.3, 0.4) is 0 Å². The number of allylic oxidation sites excluding steroid dienone is 1. The zero-order valence-electron chi connectivity index (χ0n) is 13.0. The largest absolute Gasteiger partial charge is 0.616 e. The van der Waals surface area contributed by atoms with Gasteiger partial charge in [-0.1, -0.05) is 11.2 Å². The molecule has 0 aliphatic heterocycles. The summed E-state index contributed by atoms with van der Waals surface area (Å²) in [7, 11) is 2.81. The molecule has 0 N–H and O–H groups in total. The third-order valence-corrected chi connectivity index (χ3v) is 4.83.